The highest BCUT2D eigenvalue weighted by Gasteiger charge is 2.11. The molecule has 0 aliphatic carbocycles. The largest absolute Gasteiger partial charge is 0.493 e. The van der Waals surface area contributed by atoms with Gasteiger partial charge in [0.15, 0.2) is 0 Å². The van der Waals surface area contributed by atoms with Crippen LogP contribution >= 0.6 is 0 Å². The van der Waals surface area contributed by atoms with E-state index >= 15 is 0 Å². The third-order valence-electron chi connectivity index (χ3n) is 4.58. The Kier molecular flexibility index (Phi) is 5.53. The summed E-state index contributed by atoms with van der Waals surface area (Å²) in [6.45, 7) is 6.85. The van der Waals surface area contributed by atoms with Crippen LogP contribution in [-0.2, 0) is 13.0 Å². The van der Waals surface area contributed by atoms with Crippen LogP contribution in [0.25, 0.3) is 0 Å². The molecule has 1 N–H and O–H groups in total. The van der Waals surface area contributed by atoms with Gasteiger partial charge in [-0.15, -0.1) is 0 Å². The van der Waals surface area contributed by atoms with Crippen LogP contribution in [0.2, 0.25) is 0 Å². The zero-order valence-electron chi connectivity index (χ0n) is 13.1. The zero-order valence-corrected chi connectivity index (χ0v) is 13.1. The van der Waals surface area contributed by atoms with E-state index in [2.05, 4.69) is 28.4 Å². The number of rotatable bonds is 6. The van der Waals surface area contributed by atoms with Crippen molar-refractivity contribution in [1.82, 2.24) is 10.2 Å². The predicted octanol–water partition coefficient (Wildman–Crippen LogP) is 2.98. The highest BCUT2D eigenvalue weighted by atomic mass is 16.5. The molecular formula is C18H28N2O. The number of nitrogens with one attached hydrogen (secondary N) is 1. The molecule has 116 valence electrons. The number of hydrogen-bond donors (Lipinski definition) is 1. The molecule has 1 saturated heterocycles. The minimum absolute atomic E-state index is 0.876. The second kappa shape index (κ2) is 7.81. The molecule has 2 aliphatic heterocycles. The van der Waals surface area contributed by atoms with Gasteiger partial charge in [0.1, 0.15) is 5.75 Å². The molecule has 0 aromatic heterocycles. The Morgan fingerprint density at radius 2 is 2.00 bits per heavy atom. The van der Waals surface area contributed by atoms with Crippen molar-refractivity contribution in [2.75, 3.05) is 32.8 Å². The van der Waals surface area contributed by atoms with Gasteiger partial charge < -0.3 is 15.0 Å². The van der Waals surface area contributed by atoms with Crippen molar-refractivity contribution in [3.63, 3.8) is 0 Å². The summed E-state index contributed by atoms with van der Waals surface area (Å²) in [7, 11) is 0. The number of likely N-dealkylation sites (tertiary alicyclic amines) is 1. The third-order valence-corrected chi connectivity index (χ3v) is 4.58. The van der Waals surface area contributed by atoms with E-state index in [4.69, 9.17) is 4.74 Å². The van der Waals surface area contributed by atoms with Crippen LogP contribution in [0.3, 0.4) is 0 Å². The molecule has 0 atom stereocenters. The van der Waals surface area contributed by atoms with Gasteiger partial charge in [-0.1, -0.05) is 18.6 Å². The SMILES string of the molecule is c1cc2c(cc1CNCCCN1CCCCC1)CCCO2. The van der Waals surface area contributed by atoms with E-state index in [9.17, 15) is 0 Å². The summed E-state index contributed by atoms with van der Waals surface area (Å²) < 4.78 is 5.66. The van der Waals surface area contributed by atoms with Crippen LogP contribution in [0.1, 0.15) is 43.2 Å². The minimum atomic E-state index is 0.876. The maximum Gasteiger partial charge on any atom is 0.122 e. The Morgan fingerprint density at radius 3 is 2.90 bits per heavy atom. The molecule has 21 heavy (non-hydrogen) atoms. The van der Waals surface area contributed by atoms with Crippen LogP contribution in [0.4, 0.5) is 0 Å². The molecule has 1 aromatic rings. The summed E-state index contributed by atoms with van der Waals surface area (Å²) in [6.07, 6.45) is 7.79. The van der Waals surface area contributed by atoms with Crippen LogP contribution in [0.5, 0.6) is 5.75 Å². The Morgan fingerprint density at radius 1 is 1.10 bits per heavy atom. The average molecular weight is 288 g/mol. The van der Waals surface area contributed by atoms with Crippen molar-refractivity contribution >= 4 is 0 Å². The lowest BCUT2D eigenvalue weighted by atomic mass is 10.0. The molecule has 0 amide bonds. The molecular weight excluding hydrogens is 260 g/mol. The number of nitrogens with zero attached hydrogens (tertiary/aromatic N) is 1. The Hall–Kier alpha value is -1.06. The van der Waals surface area contributed by atoms with Gasteiger partial charge in [0.05, 0.1) is 6.61 Å². The smallest absolute Gasteiger partial charge is 0.122 e. The van der Waals surface area contributed by atoms with E-state index in [0.717, 1.165) is 38.3 Å². The molecule has 0 spiro atoms. The summed E-state index contributed by atoms with van der Waals surface area (Å²) in [6, 6.07) is 6.65. The minimum Gasteiger partial charge on any atom is -0.493 e. The summed E-state index contributed by atoms with van der Waals surface area (Å²) >= 11 is 0. The first-order valence-electron chi connectivity index (χ1n) is 8.59. The lowest BCUT2D eigenvalue weighted by Crippen LogP contribution is -2.32. The molecule has 1 aromatic carbocycles. The molecule has 0 unspecified atom stereocenters. The van der Waals surface area contributed by atoms with Gasteiger partial charge in [-0.2, -0.15) is 0 Å². The third kappa shape index (κ3) is 4.45. The monoisotopic (exact) mass is 288 g/mol. The highest BCUT2D eigenvalue weighted by molar-refractivity contribution is 5.38. The van der Waals surface area contributed by atoms with Crippen molar-refractivity contribution in [2.45, 2.75) is 45.1 Å². The van der Waals surface area contributed by atoms with Crippen molar-refractivity contribution in [3.05, 3.63) is 29.3 Å². The van der Waals surface area contributed by atoms with E-state index in [-0.39, 0.29) is 0 Å². The maximum absolute atomic E-state index is 5.66. The van der Waals surface area contributed by atoms with E-state index in [0.29, 0.717) is 0 Å². The second-order valence-corrected chi connectivity index (χ2v) is 6.33. The first-order chi connectivity index (χ1) is 10.4. The fraction of sp³-hybridized carbons (Fsp3) is 0.667. The van der Waals surface area contributed by atoms with Crippen LogP contribution in [-0.4, -0.2) is 37.7 Å². The van der Waals surface area contributed by atoms with Gasteiger partial charge in [-0.25, -0.2) is 0 Å². The van der Waals surface area contributed by atoms with Gasteiger partial charge in [0.25, 0.3) is 0 Å². The first-order valence-corrected chi connectivity index (χ1v) is 8.59. The molecule has 3 rings (SSSR count). The molecule has 3 nitrogen and oxygen atoms in total. The lowest BCUT2D eigenvalue weighted by molar-refractivity contribution is 0.225. The normalized spacial score (nSPS) is 19.0. The summed E-state index contributed by atoms with van der Waals surface area (Å²) in [5.74, 6) is 1.09. The second-order valence-electron chi connectivity index (χ2n) is 6.33. The van der Waals surface area contributed by atoms with Gasteiger partial charge in [-0.05, 0) is 75.5 Å². The lowest BCUT2D eigenvalue weighted by Gasteiger charge is -2.26. The molecule has 0 bridgehead atoms. The molecule has 0 radical (unpaired) electrons. The zero-order chi connectivity index (χ0) is 14.3. The Bertz CT molecular complexity index is 441. The standard InChI is InChI=1S/C18H28N2O/c1-2-10-20(11-3-1)12-5-9-19-15-16-7-8-18-17(14-16)6-4-13-21-18/h7-8,14,19H,1-6,9-13,15H2. The summed E-state index contributed by atoms with van der Waals surface area (Å²) in [5.41, 5.74) is 2.77. The molecule has 3 heteroatoms. The molecule has 1 fully saturated rings. The summed E-state index contributed by atoms with van der Waals surface area (Å²) in [5, 5.41) is 3.58. The number of piperidine rings is 1. The Balaban J connectivity index is 1.35. The Labute approximate surface area is 128 Å². The summed E-state index contributed by atoms with van der Waals surface area (Å²) in [4.78, 5) is 2.61. The topological polar surface area (TPSA) is 24.5 Å². The van der Waals surface area contributed by atoms with E-state index in [1.54, 1.807) is 0 Å². The maximum atomic E-state index is 5.66. The van der Waals surface area contributed by atoms with Crippen molar-refractivity contribution in [2.24, 2.45) is 0 Å². The van der Waals surface area contributed by atoms with Crippen LogP contribution in [0.15, 0.2) is 18.2 Å². The molecule has 2 aliphatic rings. The average Bonchev–Trinajstić information content (AvgIpc) is 2.55. The first kappa shape index (κ1) is 14.9. The molecule has 0 saturated carbocycles. The predicted molar refractivity (Wildman–Crippen MR) is 86.9 cm³/mol. The van der Waals surface area contributed by atoms with Crippen LogP contribution in [0, 0.1) is 0 Å². The van der Waals surface area contributed by atoms with Gasteiger partial charge in [-0.3, -0.25) is 0 Å². The number of benzene rings is 1. The highest BCUT2D eigenvalue weighted by Crippen LogP contribution is 2.25. The number of aryl methyl sites for hydroxylation is 1. The molecule has 2 heterocycles. The van der Waals surface area contributed by atoms with Gasteiger partial charge in [0.2, 0.25) is 0 Å². The van der Waals surface area contributed by atoms with E-state index in [1.165, 1.54) is 56.4 Å². The van der Waals surface area contributed by atoms with Gasteiger partial charge >= 0.3 is 0 Å². The fourth-order valence-corrected chi connectivity index (χ4v) is 3.37. The van der Waals surface area contributed by atoms with Gasteiger partial charge in [0, 0.05) is 6.54 Å². The quantitative estimate of drug-likeness (QED) is 0.815. The van der Waals surface area contributed by atoms with E-state index < -0.39 is 0 Å². The number of fused-ring (bicyclic) bond motifs is 1. The number of hydrogen-bond acceptors (Lipinski definition) is 3. The van der Waals surface area contributed by atoms with Crippen molar-refractivity contribution < 1.29 is 4.74 Å². The van der Waals surface area contributed by atoms with E-state index in [1.807, 2.05) is 0 Å². The van der Waals surface area contributed by atoms with Crippen molar-refractivity contribution in [1.29, 1.82) is 0 Å². The van der Waals surface area contributed by atoms with Crippen LogP contribution < -0.4 is 10.1 Å². The fourth-order valence-electron chi connectivity index (χ4n) is 3.37. The van der Waals surface area contributed by atoms with Crippen molar-refractivity contribution in [3.8, 4) is 5.75 Å². The number of ether oxygens (including phenoxy) is 1.